The number of carbonyl (C=O) groups excluding carboxylic acids is 3. The molecule has 2 fully saturated rings. The third-order valence-corrected chi connectivity index (χ3v) is 5.88. The van der Waals surface area contributed by atoms with E-state index in [0.717, 1.165) is 11.1 Å². The molecule has 2 N–H and O–H groups in total. The molecule has 10 heteroatoms. The van der Waals surface area contributed by atoms with E-state index in [-0.39, 0.29) is 39.3 Å². The van der Waals surface area contributed by atoms with Crippen LogP contribution in [0.1, 0.15) is 24.0 Å². The van der Waals surface area contributed by atoms with Crippen LogP contribution in [0.5, 0.6) is 0 Å². The number of alkyl halides is 2. The SMILES string of the molecule is NC1CCN(C(=O)OCc2ccccc2)CC1F.O=C1CCN(C(=O)OCc2ccccc2)CC1F. The summed E-state index contributed by atoms with van der Waals surface area (Å²) in [6.45, 7) is 0.865. The molecule has 2 saturated heterocycles. The number of hydrogen-bond acceptors (Lipinski definition) is 6. The van der Waals surface area contributed by atoms with Gasteiger partial charge in [0.2, 0.25) is 0 Å². The molecule has 2 aromatic rings. The molecule has 0 saturated carbocycles. The number of Topliss-reactive ketones (excluding diaryl/α,β-unsaturated/α-hetero) is 1. The molecule has 2 aliphatic heterocycles. The zero-order chi connectivity index (χ0) is 25.9. The van der Waals surface area contributed by atoms with Crippen LogP contribution in [-0.2, 0) is 27.5 Å². The van der Waals surface area contributed by atoms with Crippen molar-refractivity contribution in [3.05, 3.63) is 71.8 Å². The molecular weight excluding hydrogens is 472 g/mol. The van der Waals surface area contributed by atoms with E-state index >= 15 is 0 Å². The Morgan fingerprint density at radius 2 is 1.33 bits per heavy atom. The molecule has 8 nitrogen and oxygen atoms in total. The second kappa shape index (κ2) is 13.5. The summed E-state index contributed by atoms with van der Waals surface area (Å²) in [5.74, 6) is -0.442. The fourth-order valence-electron chi connectivity index (χ4n) is 3.66. The average Bonchev–Trinajstić information content (AvgIpc) is 2.90. The Balaban J connectivity index is 0.000000201. The summed E-state index contributed by atoms with van der Waals surface area (Å²) in [6.07, 6.45) is -3.27. The summed E-state index contributed by atoms with van der Waals surface area (Å²) >= 11 is 0. The Bertz CT molecular complexity index is 996. The van der Waals surface area contributed by atoms with Crippen LogP contribution in [0.25, 0.3) is 0 Å². The number of ether oxygens (including phenoxy) is 2. The van der Waals surface area contributed by atoms with Crippen molar-refractivity contribution in [2.45, 2.75) is 44.4 Å². The molecule has 3 unspecified atom stereocenters. The molecule has 0 spiro atoms. The van der Waals surface area contributed by atoms with Gasteiger partial charge in [0.1, 0.15) is 19.4 Å². The van der Waals surface area contributed by atoms with Crippen LogP contribution in [0.2, 0.25) is 0 Å². The minimum absolute atomic E-state index is 0.0226. The highest BCUT2D eigenvalue weighted by Crippen LogP contribution is 2.14. The number of halogens is 2. The van der Waals surface area contributed by atoms with Crippen LogP contribution in [0.15, 0.2) is 60.7 Å². The van der Waals surface area contributed by atoms with Crippen LogP contribution in [0.4, 0.5) is 18.4 Å². The number of nitrogens with zero attached hydrogens (tertiary/aromatic N) is 2. The molecule has 4 rings (SSSR count). The molecule has 0 bridgehead atoms. The van der Waals surface area contributed by atoms with Gasteiger partial charge >= 0.3 is 12.2 Å². The van der Waals surface area contributed by atoms with Gasteiger partial charge in [0.15, 0.2) is 12.0 Å². The molecule has 36 heavy (non-hydrogen) atoms. The lowest BCUT2D eigenvalue weighted by Gasteiger charge is -2.32. The topological polar surface area (TPSA) is 102 Å². The third kappa shape index (κ3) is 8.30. The lowest BCUT2D eigenvalue weighted by Crippen LogP contribution is -2.50. The zero-order valence-electron chi connectivity index (χ0n) is 19.9. The number of rotatable bonds is 4. The Kier molecular flexibility index (Phi) is 10.2. The first kappa shape index (κ1) is 27.1. The van der Waals surface area contributed by atoms with E-state index in [4.69, 9.17) is 15.2 Å². The first-order valence-electron chi connectivity index (χ1n) is 11.8. The lowest BCUT2D eigenvalue weighted by molar-refractivity contribution is -0.126. The monoisotopic (exact) mass is 503 g/mol. The molecule has 2 aromatic carbocycles. The number of benzene rings is 2. The van der Waals surface area contributed by atoms with Crippen molar-refractivity contribution in [1.29, 1.82) is 0 Å². The van der Waals surface area contributed by atoms with Crippen molar-refractivity contribution in [2.24, 2.45) is 5.73 Å². The predicted octanol–water partition coefficient (Wildman–Crippen LogP) is 3.63. The van der Waals surface area contributed by atoms with Gasteiger partial charge in [-0.1, -0.05) is 60.7 Å². The van der Waals surface area contributed by atoms with Gasteiger partial charge in [-0.2, -0.15) is 0 Å². The van der Waals surface area contributed by atoms with Crippen LogP contribution in [0.3, 0.4) is 0 Å². The van der Waals surface area contributed by atoms with E-state index in [1.807, 2.05) is 60.7 Å². The van der Waals surface area contributed by atoms with Crippen molar-refractivity contribution >= 4 is 18.0 Å². The second-order valence-electron chi connectivity index (χ2n) is 8.62. The smallest absolute Gasteiger partial charge is 0.410 e. The zero-order valence-corrected chi connectivity index (χ0v) is 19.9. The largest absolute Gasteiger partial charge is 0.445 e. The Morgan fingerprint density at radius 3 is 1.81 bits per heavy atom. The van der Waals surface area contributed by atoms with Gasteiger partial charge in [0, 0.05) is 25.6 Å². The first-order valence-corrected chi connectivity index (χ1v) is 11.8. The molecule has 0 aromatic heterocycles. The van der Waals surface area contributed by atoms with Crippen LogP contribution in [0, 0.1) is 0 Å². The summed E-state index contributed by atoms with van der Waals surface area (Å²) in [4.78, 5) is 37.0. The van der Waals surface area contributed by atoms with Crippen molar-refractivity contribution in [3.63, 3.8) is 0 Å². The summed E-state index contributed by atoms with van der Waals surface area (Å²) in [5, 5.41) is 0. The van der Waals surface area contributed by atoms with E-state index in [1.54, 1.807) is 0 Å². The normalized spacial score (nSPS) is 21.8. The number of nitrogens with two attached hydrogens (primary N) is 1. The molecule has 0 aliphatic carbocycles. The number of piperidine rings is 2. The van der Waals surface area contributed by atoms with Crippen molar-refractivity contribution < 1.29 is 32.6 Å². The average molecular weight is 504 g/mol. The molecule has 0 radical (unpaired) electrons. The van der Waals surface area contributed by atoms with Crippen molar-refractivity contribution in [3.8, 4) is 0 Å². The predicted molar refractivity (Wildman–Crippen MR) is 128 cm³/mol. The molecule has 2 aliphatic rings. The number of carbonyl (C=O) groups is 3. The maximum atomic E-state index is 13.4. The molecule has 3 atom stereocenters. The summed E-state index contributed by atoms with van der Waals surface area (Å²) in [7, 11) is 0. The first-order chi connectivity index (χ1) is 17.3. The lowest BCUT2D eigenvalue weighted by atomic mass is 10.1. The molecule has 2 heterocycles. The van der Waals surface area contributed by atoms with E-state index < -0.39 is 36.4 Å². The van der Waals surface area contributed by atoms with Gasteiger partial charge in [-0.3, -0.25) is 4.79 Å². The highest BCUT2D eigenvalue weighted by Gasteiger charge is 2.31. The fourth-order valence-corrected chi connectivity index (χ4v) is 3.66. The fraction of sp³-hybridized carbons (Fsp3) is 0.423. The number of ketones is 1. The third-order valence-electron chi connectivity index (χ3n) is 5.88. The van der Waals surface area contributed by atoms with Crippen LogP contribution < -0.4 is 5.73 Å². The quantitative estimate of drug-likeness (QED) is 0.684. The summed E-state index contributed by atoms with van der Waals surface area (Å²) in [6, 6.07) is 18.2. The van der Waals surface area contributed by atoms with Gasteiger partial charge in [-0.05, 0) is 17.5 Å². The van der Waals surface area contributed by atoms with E-state index in [1.165, 1.54) is 9.80 Å². The van der Waals surface area contributed by atoms with Crippen LogP contribution >= 0.6 is 0 Å². The number of likely N-dealkylation sites (tertiary alicyclic amines) is 2. The number of hydrogen-bond donors (Lipinski definition) is 1. The minimum atomic E-state index is -1.58. The second-order valence-corrected chi connectivity index (χ2v) is 8.62. The summed E-state index contributed by atoms with van der Waals surface area (Å²) in [5.41, 5.74) is 7.34. The highest BCUT2D eigenvalue weighted by atomic mass is 19.1. The van der Waals surface area contributed by atoms with Crippen molar-refractivity contribution in [2.75, 3.05) is 26.2 Å². The maximum Gasteiger partial charge on any atom is 0.410 e. The van der Waals surface area contributed by atoms with Crippen LogP contribution in [-0.4, -0.2) is 72.3 Å². The molecular formula is C26H31F2N3O5. The van der Waals surface area contributed by atoms with E-state index in [9.17, 15) is 23.2 Å². The number of amides is 2. The van der Waals surface area contributed by atoms with Gasteiger partial charge in [-0.25, -0.2) is 18.4 Å². The Morgan fingerprint density at radius 1 is 0.833 bits per heavy atom. The summed E-state index contributed by atoms with van der Waals surface area (Å²) < 4.78 is 36.7. The standard InChI is InChI=1S/C13H17FN2O2.C13H14FNO3/c14-11-8-16(7-6-12(11)15)13(17)18-9-10-4-2-1-3-5-10;14-11-8-15(7-6-12(11)16)13(17)18-9-10-4-2-1-3-5-10/h1-5,11-12H,6-9,15H2;1-5,11H,6-9H2. The van der Waals surface area contributed by atoms with Gasteiger partial charge in [0.25, 0.3) is 0 Å². The van der Waals surface area contributed by atoms with Gasteiger partial charge < -0.3 is 25.0 Å². The Hall–Kier alpha value is -3.53. The van der Waals surface area contributed by atoms with E-state index in [2.05, 4.69) is 0 Å². The van der Waals surface area contributed by atoms with E-state index in [0.29, 0.717) is 13.0 Å². The molecule has 194 valence electrons. The van der Waals surface area contributed by atoms with Crippen molar-refractivity contribution in [1.82, 2.24) is 9.80 Å². The van der Waals surface area contributed by atoms with Gasteiger partial charge in [0.05, 0.1) is 13.1 Å². The molecule has 2 amide bonds. The highest BCUT2D eigenvalue weighted by molar-refractivity contribution is 5.85. The minimum Gasteiger partial charge on any atom is -0.445 e. The Labute approximate surface area is 208 Å². The maximum absolute atomic E-state index is 13.4. The van der Waals surface area contributed by atoms with Gasteiger partial charge in [-0.15, -0.1) is 0 Å².